The molecule has 0 radical (unpaired) electrons. The number of carbonyl (C=O) groups excluding carboxylic acids is 2. The van der Waals surface area contributed by atoms with E-state index < -0.39 is 6.04 Å². The van der Waals surface area contributed by atoms with Crippen molar-refractivity contribution in [3.63, 3.8) is 0 Å². The minimum atomic E-state index is -0.499. The van der Waals surface area contributed by atoms with E-state index in [9.17, 15) is 9.59 Å². The lowest BCUT2D eigenvalue weighted by Crippen LogP contribution is -2.54. The third-order valence-corrected chi connectivity index (χ3v) is 5.75. The van der Waals surface area contributed by atoms with Crippen molar-refractivity contribution in [2.75, 3.05) is 32.8 Å². The maximum atomic E-state index is 13.1. The number of rotatable bonds is 4. The first-order chi connectivity index (χ1) is 13.7. The maximum absolute atomic E-state index is 13.1. The first kappa shape index (κ1) is 19.0. The molecule has 1 N–H and O–H groups in total. The molecule has 28 heavy (non-hydrogen) atoms. The zero-order chi connectivity index (χ0) is 19.3. The molecule has 0 unspecified atom stereocenters. The molecule has 8 heteroatoms. The summed E-state index contributed by atoms with van der Waals surface area (Å²) in [5.74, 6) is 0.644. The Morgan fingerprint density at radius 3 is 2.71 bits per heavy atom. The number of pyridine rings is 1. The maximum Gasteiger partial charge on any atom is 0.318 e. The second-order valence-corrected chi connectivity index (χ2v) is 7.70. The Labute approximate surface area is 165 Å². The number of carbonyl (C=O) groups is 2. The van der Waals surface area contributed by atoms with E-state index >= 15 is 0 Å². The number of ether oxygens (including phenoxy) is 2. The molecule has 0 spiro atoms. The summed E-state index contributed by atoms with van der Waals surface area (Å²) in [5.41, 5.74) is 0. The van der Waals surface area contributed by atoms with Crippen molar-refractivity contribution in [3.05, 3.63) is 24.5 Å². The summed E-state index contributed by atoms with van der Waals surface area (Å²) in [6.07, 6.45) is 7.92. The van der Waals surface area contributed by atoms with Gasteiger partial charge in [0.05, 0.1) is 26.0 Å². The normalized spacial score (nSPS) is 25.7. The number of nitrogens with zero attached hydrogens (tertiary/aromatic N) is 3. The van der Waals surface area contributed by atoms with Crippen molar-refractivity contribution in [3.8, 4) is 5.75 Å². The fourth-order valence-corrected chi connectivity index (χ4v) is 4.27. The number of nitrogens with one attached hydrogen (secondary N) is 1. The molecule has 2 saturated heterocycles. The number of morpholine rings is 1. The van der Waals surface area contributed by atoms with Crippen molar-refractivity contribution in [1.29, 1.82) is 0 Å². The Kier molecular flexibility index (Phi) is 5.95. The zero-order valence-corrected chi connectivity index (χ0v) is 16.1. The number of hydrogen-bond donors (Lipinski definition) is 1. The first-order valence-corrected chi connectivity index (χ1v) is 10.2. The van der Waals surface area contributed by atoms with E-state index in [0.717, 1.165) is 25.7 Å². The molecule has 1 saturated carbocycles. The molecule has 3 amide bonds. The Morgan fingerprint density at radius 1 is 1.21 bits per heavy atom. The van der Waals surface area contributed by atoms with Crippen LogP contribution in [0, 0.1) is 0 Å². The SMILES string of the molecule is O=C([C@H]1C[C@H](Oc2cccnc2)CN1C(=O)NC1CCCC1)N1CCOCC1. The molecule has 1 aromatic heterocycles. The van der Waals surface area contributed by atoms with Crippen LogP contribution >= 0.6 is 0 Å². The van der Waals surface area contributed by atoms with Gasteiger partial charge < -0.3 is 24.6 Å². The average Bonchev–Trinajstić information content (AvgIpc) is 3.39. The van der Waals surface area contributed by atoms with Crippen molar-refractivity contribution in [2.24, 2.45) is 0 Å². The quantitative estimate of drug-likeness (QED) is 0.843. The van der Waals surface area contributed by atoms with Gasteiger partial charge in [-0.25, -0.2) is 4.79 Å². The molecule has 152 valence electrons. The molecular weight excluding hydrogens is 360 g/mol. The number of urea groups is 1. The lowest BCUT2D eigenvalue weighted by atomic mass is 10.1. The molecule has 3 aliphatic rings. The van der Waals surface area contributed by atoms with Crippen LogP contribution in [0.3, 0.4) is 0 Å². The monoisotopic (exact) mass is 388 g/mol. The van der Waals surface area contributed by atoms with E-state index in [1.54, 1.807) is 22.2 Å². The minimum absolute atomic E-state index is 0.0119. The highest BCUT2D eigenvalue weighted by atomic mass is 16.5. The van der Waals surface area contributed by atoms with Gasteiger partial charge >= 0.3 is 6.03 Å². The number of likely N-dealkylation sites (tertiary alicyclic amines) is 1. The molecule has 3 heterocycles. The van der Waals surface area contributed by atoms with Gasteiger partial charge in [-0.3, -0.25) is 9.78 Å². The van der Waals surface area contributed by atoms with Gasteiger partial charge in [-0.05, 0) is 25.0 Å². The van der Waals surface area contributed by atoms with Crippen LogP contribution in [-0.4, -0.2) is 77.8 Å². The predicted molar refractivity (Wildman–Crippen MR) is 102 cm³/mol. The molecule has 8 nitrogen and oxygen atoms in total. The fraction of sp³-hybridized carbons (Fsp3) is 0.650. The van der Waals surface area contributed by atoms with E-state index in [2.05, 4.69) is 10.3 Å². The fourth-order valence-electron chi connectivity index (χ4n) is 4.27. The molecule has 4 rings (SSSR count). The van der Waals surface area contributed by atoms with Gasteiger partial charge in [0.25, 0.3) is 0 Å². The van der Waals surface area contributed by atoms with E-state index in [4.69, 9.17) is 9.47 Å². The number of amides is 3. The topological polar surface area (TPSA) is 84.0 Å². The Bertz CT molecular complexity index is 674. The lowest BCUT2D eigenvalue weighted by molar-refractivity contribution is -0.139. The van der Waals surface area contributed by atoms with Crippen LogP contribution in [0.25, 0.3) is 0 Å². The number of hydrogen-bond acceptors (Lipinski definition) is 5. The van der Waals surface area contributed by atoms with Gasteiger partial charge in [-0.2, -0.15) is 0 Å². The second kappa shape index (κ2) is 8.77. The first-order valence-electron chi connectivity index (χ1n) is 10.2. The third-order valence-electron chi connectivity index (χ3n) is 5.75. The zero-order valence-electron chi connectivity index (χ0n) is 16.1. The summed E-state index contributed by atoms with van der Waals surface area (Å²) < 4.78 is 11.4. The van der Waals surface area contributed by atoms with E-state index in [-0.39, 0.29) is 24.1 Å². The lowest BCUT2D eigenvalue weighted by Gasteiger charge is -2.32. The van der Waals surface area contributed by atoms with Crippen molar-refractivity contribution < 1.29 is 19.1 Å². The van der Waals surface area contributed by atoms with Crippen molar-refractivity contribution in [2.45, 2.75) is 50.3 Å². The molecule has 2 aliphatic heterocycles. The van der Waals surface area contributed by atoms with Crippen molar-refractivity contribution in [1.82, 2.24) is 20.1 Å². The molecule has 0 aromatic carbocycles. The molecule has 2 atom stereocenters. The highest BCUT2D eigenvalue weighted by Gasteiger charge is 2.43. The standard InChI is InChI=1S/C20H28N4O4/c25-19(23-8-10-27-11-9-23)18-12-17(28-16-6-3-7-21-13-16)14-24(18)20(26)22-15-4-1-2-5-15/h3,6-7,13,15,17-18H,1-2,4-5,8-12,14H2,(H,22,26)/t17-,18+/m0/s1. The second-order valence-electron chi connectivity index (χ2n) is 7.70. The summed E-state index contributed by atoms with van der Waals surface area (Å²) >= 11 is 0. The highest BCUT2D eigenvalue weighted by molar-refractivity contribution is 5.88. The van der Waals surface area contributed by atoms with Gasteiger partial charge in [0.15, 0.2) is 0 Å². The Hall–Kier alpha value is -2.35. The smallest absolute Gasteiger partial charge is 0.318 e. The van der Waals surface area contributed by atoms with E-state index in [1.807, 2.05) is 12.1 Å². The summed E-state index contributed by atoms with van der Waals surface area (Å²) in [5, 5.41) is 3.12. The summed E-state index contributed by atoms with van der Waals surface area (Å²) in [6, 6.07) is 3.21. The van der Waals surface area contributed by atoms with Gasteiger partial charge in [0, 0.05) is 31.7 Å². The van der Waals surface area contributed by atoms with Gasteiger partial charge in [0.2, 0.25) is 5.91 Å². The molecule has 1 aromatic rings. The van der Waals surface area contributed by atoms with Crippen LogP contribution in [-0.2, 0) is 9.53 Å². The van der Waals surface area contributed by atoms with Crippen LogP contribution in [0.5, 0.6) is 5.75 Å². The molecule has 3 fully saturated rings. The summed E-state index contributed by atoms with van der Waals surface area (Å²) in [6.45, 7) is 2.63. The minimum Gasteiger partial charge on any atom is -0.487 e. The molecular formula is C20H28N4O4. The highest BCUT2D eigenvalue weighted by Crippen LogP contribution is 2.26. The van der Waals surface area contributed by atoms with Crippen molar-refractivity contribution >= 4 is 11.9 Å². The van der Waals surface area contributed by atoms with Crippen LogP contribution in [0.1, 0.15) is 32.1 Å². The Balaban J connectivity index is 1.46. The van der Waals surface area contributed by atoms with E-state index in [0.29, 0.717) is 45.0 Å². The van der Waals surface area contributed by atoms with Crippen LogP contribution < -0.4 is 10.1 Å². The van der Waals surface area contributed by atoms with Gasteiger partial charge in [-0.1, -0.05) is 12.8 Å². The van der Waals surface area contributed by atoms with Gasteiger partial charge in [-0.15, -0.1) is 0 Å². The Morgan fingerprint density at radius 2 is 2.00 bits per heavy atom. The largest absolute Gasteiger partial charge is 0.487 e. The molecule has 0 bridgehead atoms. The van der Waals surface area contributed by atoms with Crippen LogP contribution in [0.15, 0.2) is 24.5 Å². The van der Waals surface area contributed by atoms with Crippen LogP contribution in [0.4, 0.5) is 4.79 Å². The molecule has 1 aliphatic carbocycles. The third kappa shape index (κ3) is 4.38. The van der Waals surface area contributed by atoms with Gasteiger partial charge in [0.1, 0.15) is 17.9 Å². The summed E-state index contributed by atoms with van der Waals surface area (Å²) in [7, 11) is 0. The summed E-state index contributed by atoms with van der Waals surface area (Å²) in [4.78, 5) is 33.6. The predicted octanol–water partition coefficient (Wildman–Crippen LogP) is 1.41. The average molecular weight is 388 g/mol. The number of aromatic nitrogens is 1. The van der Waals surface area contributed by atoms with Crippen LogP contribution in [0.2, 0.25) is 0 Å². The van der Waals surface area contributed by atoms with E-state index in [1.165, 1.54) is 0 Å².